The van der Waals surface area contributed by atoms with Crippen LogP contribution < -0.4 is 4.74 Å². The first-order valence-electron chi connectivity index (χ1n) is 6.14. The highest BCUT2D eigenvalue weighted by molar-refractivity contribution is 5.66. The summed E-state index contributed by atoms with van der Waals surface area (Å²) in [6.07, 6.45) is 5.07. The van der Waals surface area contributed by atoms with Crippen LogP contribution in [0.4, 0.5) is 0 Å². The van der Waals surface area contributed by atoms with Gasteiger partial charge in [-0.3, -0.25) is 4.79 Å². The Labute approximate surface area is 108 Å². The second-order valence-corrected chi connectivity index (χ2v) is 4.01. The number of hydrogen-bond acceptors (Lipinski definition) is 3. The van der Waals surface area contributed by atoms with Crippen LogP contribution in [0.5, 0.6) is 5.75 Å². The standard InChI is InChI=1S/C15H20O3/c1-4-5-6-10-17-15-9-7-8-14(12(15)2)11-18-13(3)16/h5-9H,4,10-11H2,1-3H3. The van der Waals surface area contributed by atoms with Gasteiger partial charge in [0.15, 0.2) is 0 Å². The first kappa shape index (κ1) is 14.3. The molecule has 0 atom stereocenters. The monoisotopic (exact) mass is 248 g/mol. The van der Waals surface area contributed by atoms with Gasteiger partial charge in [0.25, 0.3) is 0 Å². The number of rotatable bonds is 6. The summed E-state index contributed by atoms with van der Waals surface area (Å²) in [5.74, 6) is 0.562. The molecule has 0 amide bonds. The molecule has 1 rings (SSSR count). The SMILES string of the molecule is CCC=CCOc1cccc(COC(C)=O)c1C. The van der Waals surface area contributed by atoms with Crippen molar-refractivity contribution in [3.63, 3.8) is 0 Å². The lowest BCUT2D eigenvalue weighted by atomic mass is 10.1. The van der Waals surface area contributed by atoms with E-state index in [1.54, 1.807) is 0 Å². The van der Waals surface area contributed by atoms with Crippen LogP contribution >= 0.6 is 0 Å². The van der Waals surface area contributed by atoms with Crippen molar-refractivity contribution < 1.29 is 14.3 Å². The lowest BCUT2D eigenvalue weighted by molar-refractivity contribution is -0.142. The lowest BCUT2D eigenvalue weighted by Crippen LogP contribution is -2.02. The number of hydrogen-bond donors (Lipinski definition) is 0. The predicted octanol–water partition coefficient (Wildman–Crippen LogP) is 3.40. The molecule has 0 heterocycles. The fraction of sp³-hybridized carbons (Fsp3) is 0.400. The average molecular weight is 248 g/mol. The van der Waals surface area contributed by atoms with Gasteiger partial charge in [-0.15, -0.1) is 0 Å². The molecule has 0 spiro atoms. The van der Waals surface area contributed by atoms with Crippen molar-refractivity contribution in [1.29, 1.82) is 0 Å². The zero-order chi connectivity index (χ0) is 13.4. The maximum absolute atomic E-state index is 10.8. The summed E-state index contributed by atoms with van der Waals surface area (Å²) in [7, 11) is 0. The summed E-state index contributed by atoms with van der Waals surface area (Å²) in [5.41, 5.74) is 1.99. The minimum Gasteiger partial charge on any atom is -0.489 e. The van der Waals surface area contributed by atoms with E-state index in [-0.39, 0.29) is 5.97 Å². The van der Waals surface area contributed by atoms with Crippen molar-refractivity contribution in [2.75, 3.05) is 6.61 Å². The fourth-order valence-electron chi connectivity index (χ4n) is 1.52. The van der Waals surface area contributed by atoms with Crippen LogP contribution in [0.1, 0.15) is 31.4 Å². The highest BCUT2D eigenvalue weighted by Gasteiger charge is 2.05. The van der Waals surface area contributed by atoms with Crippen LogP contribution in [0, 0.1) is 6.92 Å². The van der Waals surface area contributed by atoms with Crippen molar-refractivity contribution in [1.82, 2.24) is 0 Å². The molecule has 0 saturated carbocycles. The zero-order valence-corrected chi connectivity index (χ0v) is 11.2. The average Bonchev–Trinajstić information content (AvgIpc) is 2.35. The van der Waals surface area contributed by atoms with Gasteiger partial charge in [0.2, 0.25) is 0 Å². The molecule has 3 nitrogen and oxygen atoms in total. The third kappa shape index (κ3) is 4.62. The summed E-state index contributed by atoms with van der Waals surface area (Å²) in [4.78, 5) is 10.8. The molecule has 0 aliphatic carbocycles. The van der Waals surface area contributed by atoms with Crippen LogP contribution in [0.3, 0.4) is 0 Å². The molecule has 0 radical (unpaired) electrons. The molecule has 0 unspecified atom stereocenters. The van der Waals surface area contributed by atoms with Gasteiger partial charge < -0.3 is 9.47 Å². The first-order chi connectivity index (χ1) is 8.65. The zero-order valence-electron chi connectivity index (χ0n) is 11.2. The molecule has 1 aromatic carbocycles. The molecule has 3 heteroatoms. The van der Waals surface area contributed by atoms with Gasteiger partial charge in [0, 0.05) is 6.92 Å². The molecule has 0 aromatic heterocycles. The van der Waals surface area contributed by atoms with Crippen LogP contribution in [0.25, 0.3) is 0 Å². The van der Waals surface area contributed by atoms with Crippen molar-refractivity contribution in [3.05, 3.63) is 41.5 Å². The Morgan fingerprint density at radius 2 is 2.11 bits per heavy atom. The Morgan fingerprint density at radius 3 is 2.78 bits per heavy atom. The Kier molecular flexibility index (Phi) is 5.98. The summed E-state index contributed by atoms with van der Waals surface area (Å²) in [6, 6.07) is 5.77. The highest BCUT2D eigenvalue weighted by Crippen LogP contribution is 2.22. The van der Waals surface area contributed by atoms with Crippen LogP contribution in [0.15, 0.2) is 30.4 Å². The quantitative estimate of drug-likeness (QED) is 0.571. The van der Waals surface area contributed by atoms with E-state index in [2.05, 4.69) is 13.0 Å². The van der Waals surface area contributed by atoms with E-state index in [1.165, 1.54) is 6.92 Å². The second-order valence-electron chi connectivity index (χ2n) is 4.01. The Morgan fingerprint density at radius 1 is 1.33 bits per heavy atom. The van der Waals surface area contributed by atoms with E-state index >= 15 is 0 Å². The lowest BCUT2D eigenvalue weighted by Gasteiger charge is -2.11. The summed E-state index contributed by atoms with van der Waals surface area (Å²) in [6.45, 7) is 6.32. The molecule has 0 aliphatic heterocycles. The molecule has 0 fully saturated rings. The third-order valence-electron chi connectivity index (χ3n) is 2.56. The normalized spacial score (nSPS) is 10.6. The second kappa shape index (κ2) is 7.54. The minimum absolute atomic E-state index is 0.272. The van der Waals surface area contributed by atoms with Gasteiger partial charge in [0.05, 0.1) is 0 Å². The number of carbonyl (C=O) groups is 1. The van der Waals surface area contributed by atoms with E-state index in [0.717, 1.165) is 23.3 Å². The Balaban J connectivity index is 2.66. The Bertz CT molecular complexity index is 422. The van der Waals surface area contributed by atoms with E-state index in [9.17, 15) is 4.79 Å². The topological polar surface area (TPSA) is 35.5 Å². The smallest absolute Gasteiger partial charge is 0.302 e. The number of esters is 1. The van der Waals surface area contributed by atoms with Crippen molar-refractivity contribution in [2.24, 2.45) is 0 Å². The van der Waals surface area contributed by atoms with Crippen LogP contribution in [0.2, 0.25) is 0 Å². The number of carbonyl (C=O) groups excluding carboxylic acids is 1. The van der Waals surface area contributed by atoms with Crippen molar-refractivity contribution >= 4 is 5.97 Å². The molecule has 1 aromatic rings. The molecule has 18 heavy (non-hydrogen) atoms. The van der Waals surface area contributed by atoms with Gasteiger partial charge in [-0.25, -0.2) is 0 Å². The fourth-order valence-corrected chi connectivity index (χ4v) is 1.52. The molecule has 98 valence electrons. The van der Waals surface area contributed by atoms with E-state index < -0.39 is 0 Å². The Hall–Kier alpha value is -1.77. The van der Waals surface area contributed by atoms with E-state index in [1.807, 2.05) is 31.2 Å². The summed E-state index contributed by atoms with van der Waals surface area (Å²) < 4.78 is 10.7. The minimum atomic E-state index is -0.272. The van der Waals surface area contributed by atoms with Crippen LogP contribution in [-0.4, -0.2) is 12.6 Å². The van der Waals surface area contributed by atoms with Gasteiger partial charge >= 0.3 is 5.97 Å². The number of allylic oxidation sites excluding steroid dienone is 1. The number of benzene rings is 1. The highest BCUT2D eigenvalue weighted by atomic mass is 16.5. The molecule has 0 saturated heterocycles. The van der Waals surface area contributed by atoms with Gasteiger partial charge in [-0.2, -0.15) is 0 Å². The van der Waals surface area contributed by atoms with E-state index in [4.69, 9.17) is 9.47 Å². The van der Waals surface area contributed by atoms with Gasteiger partial charge in [0.1, 0.15) is 19.0 Å². The number of ether oxygens (including phenoxy) is 2. The van der Waals surface area contributed by atoms with Gasteiger partial charge in [-0.1, -0.05) is 31.2 Å². The molecular formula is C15H20O3. The maximum atomic E-state index is 10.8. The maximum Gasteiger partial charge on any atom is 0.302 e. The largest absolute Gasteiger partial charge is 0.489 e. The molecule has 0 N–H and O–H groups in total. The summed E-state index contributed by atoms with van der Waals surface area (Å²) >= 11 is 0. The van der Waals surface area contributed by atoms with Crippen molar-refractivity contribution in [2.45, 2.75) is 33.8 Å². The summed E-state index contributed by atoms with van der Waals surface area (Å²) in [5, 5.41) is 0. The third-order valence-corrected chi connectivity index (χ3v) is 2.56. The van der Waals surface area contributed by atoms with Gasteiger partial charge in [-0.05, 0) is 30.5 Å². The predicted molar refractivity (Wildman–Crippen MR) is 71.6 cm³/mol. The van der Waals surface area contributed by atoms with E-state index in [0.29, 0.717) is 13.2 Å². The first-order valence-corrected chi connectivity index (χ1v) is 6.14. The molecule has 0 aliphatic rings. The molecular weight excluding hydrogens is 228 g/mol. The van der Waals surface area contributed by atoms with Crippen molar-refractivity contribution in [3.8, 4) is 5.75 Å². The van der Waals surface area contributed by atoms with Crippen LogP contribution in [-0.2, 0) is 16.1 Å². The molecule has 0 bridgehead atoms.